The van der Waals surface area contributed by atoms with Crippen molar-refractivity contribution in [2.24, 2.45) is 0 Å². The van der Waals surface area contributed by atoms with Gasteiger partial charge in [0.2, 0.25) is 5.91 Å². The molecule has 150 valence electrons. The minimum atomic E-state index is -0.124. The molecule has 0 saturated carbocycles. The number of nitrogens with zero attached hydrogens (tertiary/aromatic N) is 1. The predicted molar refractivity (Wildman–Crippen MR) is 116 cm³/mol. The number of hydrogen-bond acceptors (Lipinski definition) is 3. The van der Waals surface area contributed by atoms with Crippen LogP contribution in [-0.2, 0) is 11.3 Å². The Balaban J connectivity index is 1.29. The zero-order valence-electron chi connectivity index (χ0n) is 16.5. The van der Waals surface area contributed by atoms with Gasteiger partial charge in [-0.15, -0.1) is 0 Å². The highest BCUT2D eigenvalue weighted by Gasteiger charge is 2.30. The lowest BCUT2D eigenvalue weighted by Gasteiger charge is -2.17. The highest BCUT2D eigenvalue weighted by Crippen LogP contribution is 2.31. The van der Waals surface area contributed by atoms with Crippen molar-refractivity contribution < 1.29 is 14.3 Å². The monoisotopic (exact) mass is 398 g/mol. The fourth-order valence-electron chi connectivity index (χ4n) is 3.42. The van der Waals surface area contributed by atoms with Crippen LogP contribution in [0.15, 0.2) is 85.4 Å². The molecule has 0 spiro atoms. The number of carbonyl (C=O) groups excluding carboxylic acids is 2. The Morgan fingerprint density at radius 2 is 1.60 bits per heavy atom. The third-order valence-corrected chi connectivity index (χ3v) is 4.97. The first kappa shape index (κ1) is 19.5. The molecular weight excluding hydrogens is 376 g/mol. The second-order valence-corrected chi connectivity index (χ2v) is 7.04. The molecule has 1 aliphatic heterocycles. The maximum absolute atomic E-state index is 12.5. The van der Waals surface area contributed by atoms with Crippen LogP contribution in [0.4, 0.5) is 0 Å². The predicted octanol–water partition coefficient (Wildman–Crippen LogP) is 4.61. The molecule has 1 aliphatic rings. The van der Waals surface area contributed by atoms with Crippen molar-refractivity contribution in [3.8, 4) is 11.5 Å². The second-order valence-electron chi connectivity index (χ2n) is 7.04. The van der Waals surface area contributed by atoms with E-state index in [0.717, 1.165) is 16.9 Å². The van der Waals surface area contributed by atoms with Crippen LogP contribution in [0.3, 0.4) is 0 Å². The van der Waals surface area contributed by atoms with Crippen LogP contribution < -0.4 is 10.1 Å². The molecule has 2 amide bonds. The topological polar surface area (TPSA) is 58.6 Å². The zero-order valence-corrected chi connectivity index (χ0v) is 16.5. The molecule has 0 atom stereocenters. The first-order chi connectivity index (χ1) is 14.6. The summed E-state index contributed by atoms with van der Waals surface area (Å²) in [6, 6.07) is 24.5. The first-order valence-electron chi connectivity index (χ1n) is 9.80. The van der Waals surface area contributed by atoms with Gasteiger partial charge in [-0.05, 0) is 35.9 Å². The van der Waals surface area contributed by atoms with Crippen molar-refractivity contribution in [1.29, 1.82) is 0 Å². The van der Waals surface area contributed by atoms with E-state index in [0.29, 0.717) is 30.1 Å². The van der Waals surface area contributed by atoms with Crippen molar-refractivity contribution in [3.63, 3.8) is 0 Å². The maximum atomic E-state index is 12.5. The molecular formula is C25H22N2O3. The van der Waals surface area contributed by atoms with Crippen LogP contribution in [-0.4, -0.2) is 23.3 Å². The van der Waals surface area contributed by atoms with Crippen molar-refractivity contribution >= 4 is 17.5 Å². The van der Waals surface area contributed by atoms with Crippen LogP contribution in [0.25, 0.3) is 5.70 Å². The Morgan fingerprint density at radius 1 is 0.900 bits per heavy atom. The van der Waals surface area contributed by atoms with E-state index in [2.05, 4.69) is 11.9 Å². The van der Waals surface area contributed by atoms with E-state index < -0.39 is 0 Å². The Bertz CT molecular complexity index is 1060. The molecule has 5 heteroatoms. The van der Waals surface area contributed by atoms with Gasteiger partial charge in [-0.1, -0.05) is 55.1 Å². The quantitative estimate of drug-likeness (QED) is 0.632. The Hall–Kier alpha value is -3.86. The molecule has 3 aromatic carbocycles. The fourth-order valence-corrected chi connectivity index (χ4v) is 3.42. The van der Waals surface area contributed by atoms with E-state index in [1.54, 1.807) is 11.0 Å². The maximum Gasteiger partial charge on any atom is 0.258 e. The summed E-state index contributed by atoms with van der Waals surface area (Å²) in [5, 5.41) is 2.90. The number of nitrogens with one attached hydrogen (secondary N) is 1. The van der Waals surface area contributed by atoms with Crippen LogP contribution in [0.2, 0.25) is 0 Å². The highest BCUT2D eigenvalue weighted by atomic mass is 16.5. The fraction of sp³-hybridized carbons (Fsp3) is 0.120. The smallest absolute Gasteiger partial charge is 0.258 e. The van der Waals surface area contributed by atoms with Gasteiger partial charge in [0.15, 0.2) is 0 Å². The van der Waals surface area contributed by atoms with Crippen LogP contribution in [0.5, 0.6) is 11.5 Å². The summed E-state index contributed by atoms with van der Waals surface area (Å²) in [6.45, 7) is 4.69. The van der Waals surface area contributed by atoms with Gasteiger partial charge in [-0.3, -0.25) is 9.59 Å². The van der Waals surface area contributed by atoms with Crippen molar-refractivity contribution in [2.45, 2.75) is 13.0 Å². The summed E-state index contributed by atoms with van der Waals surface area (Å²) in [4.78, 5) is 26.4. The van der Waals surface area contributed by atoms with E-state index in [4.69, 9.17) is 4.74 Å². The minimum absolute atomic E-state index is 0.103. The van der Waals surface area contributed by atoms with Gasteiger partial charge < -0.3 is 15.0 Å². The summed E-state index contributed by atoms with van der Waals surface area (Å²) in [7, 11) is 0. The molecule has 1 N–H and O–H groups in total. The van der Waals surface area contributed by atoms with Gasteiger partial charge in [-0.25, -0.2) is 0 Å². The number of para-hydroxylation sites is 1. The van der Waals surface area contributed by atoms with Crippen LogP contribution >= 0.6 is 0 Å². The average Bonchev–Trinajstić information content (AvgIpc) is 3.02. The van der Waals surface area contributed by atoms with Crippen LogP contribution in [0, 0.1) is 0 Å². The summed E-state index contributed by atoms with van der Waals surface area (Å²) in [5.41, 5.74) is 3.05. The molecule has 0 aliphatic carbocycles. The standard InChI is InChI=1S/C25H22N2O3/c1-18-22-12-5-6-13-23(22)25(29)27(18)15-14-24(28)26-17-19-8-7-11-21(16-19)30-20-9-3-2-4-10-20/h2-13,16H,1,14-15,17H2,(H,26,28). The Morgan fingerprint density at radius 3 is 2.37 bits per heavy atom. The van der Waals surface area contributed by atoms with Gasteiger partial charge in [-0.2, -0.15) is 0 Å². The highest BCUT2D eigenvalue weighted by molar-refractivity contribution is 6.08. The van der Waals surface area contributed by atoms with E-state index in [1.807, 2.05) is 72.8 Å². The van der Waals surface area contributed by atoms with Crippen LogP contribution in [0.1, 0.15) is 27.9 Å². The summed E-state index contributed by atoms with van der Waals surface area (Å²) in [6.07, 6.45) is 0.207. The number of ether oxygens (including phenoxy) is 1. The molecule has 0 radical (unpaired) electrons. The lowest BCUT2D eigenvalue weighted by molar-refractivity contribution is -0.121. The Labute approximate surface area is 175 Å². The summed E-state index contributed by atoms with van der Waals surface area (Å²) in [5.74, 6) is 1.25. The first-order valence-corrected chi connectivity index (χ1v) is 9.80. The van der Waals surface area contributed by atoms with E-state index in [9.17, 15) is 9.59 Å². The molecule has 0 aromatic heterocycles. The van der Waals surface area contributed by atoms with E-state index in [1.165, 1.54) is 0 Å². The SMILES string of the molecule is C=C1c2ccccc2C(=O)N1CCC(=O)NCc1cccc(Oc2ccccc2)c1. The number of carbonyl (C=O) groups is 2. The molecule has 5 nitrogen and oxygen atoms in total. The molecule has 0 unspecified atom stereocenters. The summed E-state index contributed by atoms with van der Waals surface area (Å²) >= 11 is 0. The Kier molecular flexibility index (Phi) is 5.61. The van der Waals surface area contributed by atoms with Crippen molar-refractivity contribution in [2.75, 3.05) is 6.54 Å². The van der Waals surface area contributed by atoms with Gasteiger partial charge in [0.05, 0.1) is 0 Å². The number of benzene rings is 3. The van der Waals surface area contributed by atoms with Gasteiger partial charge in [0, 0.05) is 36.3 Å². The largest absolute Gasteiger partial charge is 0.457 e. The third-order valence-electron chi connectivity index (χ3n) is 4.97. The molecule has 1 heterocycles. The number of amides is 2. The van der Waals surface area contributed by atoms with Crippen molar-refractivity contribution in [1.82, 2.24) is 10.2 Å². The average molecular weight is 398 g/mol. The number of fused-ring (bicyclic) bond motifs is 1. The zero-order chi connectivity index (χ0) is 20.9. The third kappa shape index (κ3) is 4.25. The minimum Gasteiger partial charge on any atom is -0.457 e. The molecule has 0 saturated heterocycles. The summed E-state index contributed by atoms with van der Waals surface area (Å²) < 4.78 is 5.83. The molecule has 3 aromatic rings. The molecule has 0 bridgehead atoms. The molecule has 30 heavy (non-hydrogen) atoms. The second kappa shape index (κ2) is 8.66. The van der Waals surface area contributed by atoms with Crippen molar-refractivity contribution in [3.05, 3.63) is 102 Å². The number of hydrogen-bond donors (Lipinski definition) is 1. The molecule has 4 rings (SSSR count). The van der Waals surface area contributed by atoms with E-state index in [-0.39, 0.29) is 18.2 Å². The lowest BCUT2D eigenvalue weighted by atomic mass is 10.1. The normalized spacial score (nSPS) is 12.6. The molecule has 0 fully saturated rings. The van der Waals surface area contributed by atoms with Gasteiger partial charge in [0.25, 0.3) is 5.91 Å². The number of rotatable bonds is 7. The van der Waals surface area contributed by atoms with Gasteiger partial charge in [0.1, 0.15) is 11.5 Å². The van der Waals surface area contributed by atoms with Gasteiger partial charge >= 0.3 is 0 Å². The lowest BCUT2D eigenvalue weighted by Crippen LogP contribution is -2.30. The van der Waals surface area contributed by atoms with E-state index >= 15 is 0 Å².